The van der Waals surface area contributed by atoms with E-state index in [1.54, 1.807) is 0 Å². The second-order valence-electron chi connectivity index (χ2n) is 1.75. The highest BCUT2D eigenvalue weighted by Gasteiger charge is 2.23. The number of hydrogen-bond acceptors (Lipinski definition) is 3. The SMILES string of the molecule is O=CC1OCC(CCl)O1. The zero-order valence-corrected chi connectivity index (χ0v) is 5.50. The van der Waals surface area contributed by atoms with Crippen molar-refractivity contribution in [3.8, 4) is 0 Å². The van der Waals surface area contributed by atoms with E-state index in [1.807, 2.05) is 0 Å². The number of carbonyl (C=O) groups is 1. The van der Waals surface area contributed by atoms with E-state index < -0.39 is 6.29 Å². The Morgan fingerprint density at radius 3 is 2.89 bits per heavy atom. The predicted octanol–water partition coefficient (Wildman–Crippen LogP) is 0.166. The summed E-state index contributed by atoms with van der Waals surface area (Å²) in [6, 6.07) is 0. The van der Waals surface area contributed by atoms with Crippen LogP contribution in [0.3, 0.4) is 0 Å². The summed E-state index contributed by atoms with van der Waals surface area (Å²) in [5, 5.41) is 0. The molecule has 3 nitrogen and oxygen atoms in total. The molecule has 1 rings (SSSR count). The summed E-state index contributed by atoms with van der Waals surface area (Å²) in [6.45, 7) is 0.424. The molecule has 0 amide bonds. The highest BCUT2D eigenvalue weighted by Crippen LogP contribution is 2.09. The third-order valence-corrected chi connectivity index (χ3v) is 1.40. The predicted molar refractivity (Wildman–Crippen MR) is 31.4 cm³/mol. The summed E-state index contributed by atoms with van der Waals surface area (Å²) in [5.41, 5.74) is 0. The summed E-state index contributed by atoms with van der Waals surface area (Å²) < 4.78 is 9.77. The Hall–Kier alpha value is -0.120. The third-order valence-electron chi connectivity index (χ3n) is 1.06. The van der Waals surface area contributed by atoms with Crippen molar-refractivity contribution < 1.29 is 14.3 Å². The molecule has 52 valence electrons. The number of ether oxygens (including phenoxy) is 2. The summed E-state index contributed by atoms with van der Waals surface area (Å²) in [4.78, 5) is 9.98. The molecule has 2 atom stereocenters. The fourth-order valence-corrected chi connectivity index (χ4v) is 0.785. The van der Waals surface area contributed by atoms with E-state index in [0.29, 0.717) is 18.8 Å². The van der Waals surface area contributed by atoms with Crippen LogP contribution in [-0.4, -0.2) is 31.2 Å². The fraction of sp³-hybridized carbons (Fsp3) is 0.800. The molecule has 9 heavy (non-hydrogen) atoms. The number of hydrogen-bond donors (Lipinski definition) is 0. The van der Waals surface area contributed by atoms with Crippen molar-refractivity contribution in [1.82, 2.24) is 0 Å². The van der Waals surface area contributed by atoms with E-state index in [2.05, 4.69) is 0 Å². The Kier molecular flexibility index (Phi) is 2.45. The van der Waals surface area contributed by atoms with Crippen LogP contribution in [0.25, 0.3) is 0 Å². The molecule has 0 aliphatic carbocycles. The van der Waals surface area contributed by atoms with Gasteiger partial charge in [0.2, 0.25) is 6.29 Å². The first-order valence-electron chi connectivity index (χ1n) is 2.65. The first-order chi connectivity index (χ1) is 4.36. The van der Waals surface area contributed by atoms with Crippen LogP contribution in [0.1, 0.15) is 0 Å². The molecule has 0 radical (unpaired) electrons. The van der Waals surface area contributed by atoms with E-state index in [1.165, 1.54) is 0 Å². The average molecular weight is 151 g/mol. The molecule has 1 fully saturated rings. The van der Waals surface area contributed by atoms with Gasteiger partial charge in [0.15, 0.2) is 6.29 Å². The normalized spacial score (nSPS) is 34.8. The molecule has 1 aliphatic heterocycles. The third kappa shape index (κ3) is 1.64. The summed E-state index contributed by atoms with van der Waals surface area (Å²) in [5.74, 6) is 0.379. The van der Waals surface area contributed by atoms with Gasteiger partial charge in [-0.3, -0.25) is 4.79 Å². The fourth-order valence-electron chi connectivity index (χ4n) is 0.623. The van der Waals surface area contributed by atoms with Gasteiger partial charge in [0.1, 0.15) is 0 Å². The van der Waals surface area contributed by atoms with Gasteiger partial charge in [-0.15, -0.1) is 11.6 Å². The zero-order valence-electron chi connectivity index (χ0n) is 4.75. The standard InChI is InChI=1S/C5H7ClO3/c6-1-4-3-8-5(2-7)9-4/h2,4-5H,1,3H2. The molecule has 1 heterocycles. The van der Waals surface area contributed by atoms with Crippen LogP contribution in [0.5, 0.6) is 0 Å². The maximum atomic E-state index is 9.98. The Bertz CT molecular complexity index is 106. The van der Waals surface area contributed by atoms with Gasteiger partial charge >= 0.3 is 0 Å². The van der Waals surface area contributed by atoms with Gasteiger partial charge in [0.05, 0.1) is 18.6 Å². The highest BCUT2D eigenvalue weighted by molar-refractivity contribution is 6.18. The van der Waals surface area contributed by atoms with Crippen molar-refractivity contribution in [2.24, 2.45) is 0 Å². The Morgan fingerprint density at radius 1 is 1.78 bits per heavy atom. The van der Waals surface area contributed by atoms with Crippen molar-refractivity contribution in [1.29, 1.82) is 0 Å². The maximum Gasteiger partial charge on any atom is 0.215 e. The quantitative estimate of drug-likeness (QED) is 0.416. The molecular weight excluding hydrogens is 144 g/mol. The van der Waals surface area contributed by atoms with Gasteiger partial charge < -0.3 is 9.47 Å². The molecule has 0 spiro atoms. The highest BCUT2D eigenvalue weighted by atomic mass is 35.5. The molecule has 1 aliphatic rings. The lowest BCUT2D eigenvalue weighted by molar-refractivity contribution is -0.132. The van der Waals surface area contributed by atoms with Gasteiger partial charge in [-0.05, 0) is 0 Å². The van der Waals surface area contributed by atoms with E-state index in [4.69, 9.17) is 21.1 Å². The Morgan fingerprint density at radius 2 is 2.56 bits per heavy atom. The van der Waals surface area contributed by atoms with Crippen molar-refractivity contribution in [3.63, 3.8) is 0 Å². The monoisotopic (exact) mass is 150 g/mol. The van der Waals surface area contributed by atoms with Gasteiger partial charge in [0, 0.05) is 0 Å². The van der Waals surface area contributed by atoms with Crippen LogP contribution in [0.4, 0.5) is 0 Å². The molecule has 0 saturated carbocycles. The molecular formula is C5H7ClO3. The zero-order chi connectivity index (χ0) is 6.69. The molecule has 0 aromatic heterocycles. The number of halogens is 1. The Labute approximate surface area is 57.9 Å². The first-order valence-corrected chi connectivity index (χ1v) is 3.18. The van der Waals surface area contributed by atoms with Crippen LogP contribution in [0.15, 0.2) is 0 Å². The van der Waals surface area contributed by atoms with Gasteiger partial charge in [-0.2, -0.15) is 0 Å². The number of aldehydes is 1. The summed E-state index contributed by atoms with van der Waals surface area (Å²) in [7, 11) is 0. The van der Waals surface area contributed by atoms with Gasteiger partial charge in [-0.25, -0.2) is 0 Å². The minimum atomic E-state index is -0.686. The van der Waals surface area contributed by atoms with Gasteiger partial charge in [0.25, 0.3) is 0 Å². The lowest BCUT2D eigenvalue weighted by Crippen LogP contribution is -2.14. The van der Waals surface area contributed by atoms with Crippen molar-refractivity contribution in [2.45, 2.75) is 12.4 Å². The van der Waals surface area contributed by atoms with E-state index in [-0.39, 0.29) is 6.10 Å². The number of carbonyl (C=O) groups excluding carboxylic acids is 1. The van der Waals surface area contributed by atoms with Crippen LogP contribution < -0.4 is 0 Å². The first kappa shape index (κ1) is 6.99. The minimum absolute atomic E-state index is 0.109. The second-order valence-corrected chi connectivity index (χ2v) is 2.06. The molecule has 0 N–H and O–H groups in total. The minimum Gasteiger partial charge on any atom is -0.343 e. The molecule has 0 bridgehead atoms. The second kappa shape index (κ2) is 3.15. The number of rotatable bonds is 2. The topological polar surface area (TPSA) is 35.5 Å². The summed E-state index contributed by atoms with van der Waals surface area (Å²) >= 11 is 5.41. The lowest BCUT2D eigenvalue weighted by atomic mass is 10.4. The molecule has 4 heteroatoms. The smallest absolute Gasteiger partial charge is 0.215 e. The van der Waals surface area contributed by atoms with Crippen LogP contribution in [0.2, 0.25) is 0 Å². The van der Waals surface area contributed by atoms with E-state index >= 15 is 0 Å². The number of alkyl halides is 1. The maximum absolute atomic E-state index is 9.98. The van der Waals surface area contributed by atoms with Gasteiger partial charge in [-0.1, -0.05) is 0 Å². The summed E-state index contributed by atoms with van der Waals surface area (Å²) in [6.07, 6.45) is -0.178. The van der Waals surface area contributed by atoms with Crippen LogP contribution in [0, 0.1) is 0 Å². The average Bonchev–Trinajstić information content (AvgIpc) is 2.34. The van der Waals surface area contributed by atoms with E-state index in [9.17, 15) is 4.79 Å². The van der Waals surface area contributed by atoms with Crippen LogP contribution in [-0.2, 0) is 14.3 Å². The van der Waals surface area contributed by atoms with E-state index in [0.717, 1.165) is 0 Å². The largest absolute Gasteiger partial charge is 0.343 e. The molecule has 0 aromatic carbocycles. The van der Waals surface area contributed by atoms with Crippen LogP contribution >= 0.6 is 11.6 Å². The van der Waals surface area contributed by atoms with Crippen molar-refractivity contribution >= 4 is 17.9 Å². The van der Waals surface area contributed by atoms with Crippen molar-refractivity contribution in [2.75, 3.05) is 12.5 Å². The molecule has 0 aromatic rings. The molecule has 2 unspecified atom stereocenters. The molecule has 1 saturated heterocycles. The Balaban J connectivity index is 2.28. The van der Waals surface area contributed by atoms with Crippen molar-refractivity contribution in [3.05, 3.63) is 0 Å². The lowest BCUT2D eigenvalue weighted by Gasteiger charge is -2.00.